The number of aromatic nitrogens is 3. The number of halogens is 1. The molecular weight excluding hydrogens is 478 g/mol. The Kier molecular flexibility index (Phi) is 7.77. The van der Waals surface area contributed by atoms with Gasteiger partial charge in [0, 0.05) is 49.0 Å². The normalized spacial score (nSPS) is 14.3. The molecule has 1 aliphatic rings. The van der Waals surface area contributed by atoms with Gasteiger partial charge in [-0.15, -0.1) is 24.2 Å². The molecule has 0 aliphatic carbocycles. The van der Waals surface area contributed by atoms with Gasteiger partial charge in [0.15, 0.2) is 5.13 Å². The van der Waals surface area contributed by atoms with Crippen molar-refractivity contribution in [1.82, 2.24) is 19.9 Å². The van der Waals surface area contributed by atoms with Gasteiger partial charge >= 0.3 is 0 Å². The number of rotatable bonds is 6. The third-order valence-corrected chi connectivity index (χ3v) is 7.29. The van der Waals surface area contributed by atoms with Crippen molar-refractivity contribution in [2.24, 2.45) is 0 Å². The fourth-order valence-electron chi connectivity index (χ4n) is 3.74. The van der Waals surface area contributed by atoms with Gasteiger partial charge in [0.25, 0.3) is 5.91 Å². The average Bonchev–Trinajstić information content (AvgIpc) is 3.27. The number of carbonyl (C=O) groups is 1. The highest BCUT2D eigenvalue weighted by atomic mass is 35.5. The number of fused-ring (bicyclic) bond motifs is 2. The summed E-state index contributed by atoms with van der Waals surface area (Å²) in [7, 11) is 0. The van der Waals surface area contributed by atoms with E-state index in [1.54, 1.807) is 40.4 Å². The van der Waals surface area contributed by atoms with E-state index in [9.17, 15) is 4.79 Å². The van der Waals surface area contributed by atoms with Crippen molar-refractivity contribution in [3.05, 3.63) is 54.4 Å². The van der Waals surface area contributed by atoms with Crippen LogP contribution in [0.1, 0.15) is 10.4 Å². The molecule has 3 heterocycles. The van der Waals surface area contributed by atoms with Crippen LogP contribution in [0.5, 0.6) is 0 Å². The predicted molar refractivity (Wildman–Crippen MR) is 137 cm³/mol. The molecule has 0 saturated carbocycles. The maximum absolute atomic E-state index is 13.7. The average molecular weight is 502 g/mol. The van der Waals surface area contributed by atoms with Crippen molar-refractivity contribution in [3.8, 4) is 0 Å². The molecule has 1 amide bonds. The van der Waals surface area contributed by atoms with Crippen molar-refractivity contribution in [1.29, 1.82) is 0 Å². The number of hydrogen-bond donors (Lipinski definition) is 0. The Bertz CT molecular complexity index is 1260. The zero-order chi connectivity index (χ0) is 21.9. The summed E-state index contributed by atoms with van der Waals surface area (Å²) in [5.41, 5.74) is 2.98. The fourth-order valence-corrected chi connectivity index (χ4v) is 5.28. The lowest BCUT2D eigenvalue weighted by atomic mass is 10.1. The SMILES string of the molecule is CSc1ccc2nc(N(CCN3CCOCC3)C(=O)c3ccc4nccnc4c3)sc2c1.Cl. The number of amides is 1. The standard InChI is InChI=1S/C23H23N5O2S2.ClH/c1-31-17-3-5-19-21(15-17)32-23(26-19)28(9-8-27-10-12-30-13-11-27)22(29)16-2-4-18-20(14-16)25-7-6-24-18;/h2-7,14-15H,8-13H2,1H3;1H. The summed E-state index contributed by atoms with van der Waals surface area (Å²) in [6.45, 7) is 4.56. The number of nitrogens with zero attached hydrogens (tertiary/aromatic N) is 5. The molecule has 0 bridgehead atoms. The van der Waals surface area contributed by atoms with E-state index in [2.05, 4.69) is 33.3 Å². The number of thiazole rings is 1. The molecule has 10 heteroatoms. The Morgan fingerprint density at radius 1 is 1.09 bits per heavy atom. The lowest BCUT2D eigenvalue weighted by Crippen LogP contribution is -2.43. The molecule has 172 valence electrons. The lowest BCUT2D eigenvalue weighted by molar-refractivity contribution is 0.0391. The molecular formula is C23H24ClN5O2S2. The van der Waals surface area contributed by atoms with Crippen LogP contribution in [0.15, 0.2) is 53.7 Å². The fraction of sp³-hybridized carbons (Fsp3) is 0.304. The van der Waals surface area contributed by atoms with Gasteiger partial charge < -0.3 is 4.74 Å². The van der Waals surface area contributed by atoms with E-state index >= 15 is 0 Å². The molecule has 33 heavy (non-hydrogen) atoms. The summed E-state index contributed by atoms with van der Waals surface area (Å²) in [4.78, 5) is 32.4. The molecule has 0 N–H and O–H groups in total. The molecule has 4 aromatic rings. The lowest BCUT2D eigenvalue weighted by Gasteiger charge is -2.29. The van der Waals surface area contributed by atoms with Crippen molar-refractivity contribution < 1.29 is 9.53 Å². The first-order valence-electron chi connectivity index (χ1n) is 10.5. The molecule has 0 spiro atoms. The summed E-state index contributed by atoms with van der Waals surface area (Å²) in [6, 6.07) is 11.7. The minimum absolute atomic E-state index is 0. The van der Waals surface area contributed by atoms with Crippen LogP contribution in [0.3, 0.4) is 0 Å². The van der Waals surface area contributed by atoms with Crippen LogP contribution in [0, 0.1) is 0 Å². The van der Waals surface area contributed by atoms with E-state index in [1.807, 2.05) is 24.3 Å². The van der Waals surface area contributed by atoms with Crippen LogP contribution in [0.2, 0.25) is 0 Å². The Balaban J connectivity index is 0.00000259. The highest BCUT2D eigenvalue weighted by Crippen LogP contribution is 2.32. The molecule has 1 aliphatic heterocycles. The summed E-state index contributed by atoms with van der Waals surface area (Å²) in [6.07, 6.45) is 5.36. The number of ether oxygens (including phenoxy) is 1. The summed E-state index contributed by atoms with van der Waals surface area (Å²) < 4.78 is 6.55. The van der Waals surface area contributed by atoms with Crippen molar-refractivity contribution in [3.63, 3.8) is 0 Å². The van der Waals surface area contributed by atoms with Crippen molar-refractivity contribution >= 4 is 67.8 Å². The predicted octanol–water partition coefficient (Wildman–Crippen LogP) is 4.36. The van der Waals surface area contributed by atoms with Gasteiger partial charge in [-0.2, -0.15) is 0 Å². The van der Waals surface area contributed by atoms with Gasteiger partial charge in [-0.05, 0) is 42.7 Å². The summed E-state index contributed by atoms with van der Waals surface area (Å²) in [5.74, 6) is -0.0741. The van der Waals surface area contributed by atoms with Crippen LogP contribution >= 0.6 is 35.5 Å². The van der Waals surface area contributed by atoms with Crippen LogP contribution in [-0.4, -0.2) is 71.4 Å². The molecule has 0 atom stereocenters. The van der Waals surface area contributed by atoms with Gasteiger partial charge in [0.2, 0.25) is 0 Å². The van der Waals surface area contributed by atoms with Crippen LogP contribution < -0.4 is 4.90 Å². The Hall–Kier alpha value is -2.30. The molecule has 5 rings (SSSR count). The Labute approximate surface area is 206 Å². The van der Waals surface area contributed by atoms with Gasteiger partial charge in [0.05, 0.1) is 34.5 Å². The zero-order valence-electron chi connectivity index (χ0n) is 18.1. The molecule has 2 aromatic heterocycles. The number of hydrogen-bond acceptors (Lipinski definition) is 8. The largest absolute Gasteiger partial charge is 0.379 e. The Morgan fingerprint density at radius 3 is 2.64 bits per heavy atom. The second kappa shape index (κ2) is 10.8. The summed E-state index contributed by atoms with van der Waals surface area (Å²) in [5, 5.41) is 0.718. The number of morpholine rings is 1. The molecule has 7 nitrogen and oxygen atoms in total. The number of thioether (sulfide) groups is 1. The third kappa shape index (κ3) is 5.28. The first kappa shape index (κ1) is 23.8. The summed E-state index contributed by atoms with van der Waals surface area (Å²) >= 11 is 3.26. The second-order valence-electron chi connectivity index (χ2n) is 7.50. The van der Waals surface area contributed by atoms with E-state index in [4.69, 9.17) is 9.72 Å². The maximum atomic E-state index is 13.7. The molecule has 1 saturated heterocycles. The quantitative estimate of drug-likeness (QED) is 0.363. The van der Waals surface area contributed by atoms with Gasteiger partial charge in [-0.1, -0.05) is 11.3 Å². The number of benzene rings is 2. The van der Waals surface area contributed by atoms with Crippen molar-refractivity contribution in [2.45, 2.75) is 4.90 Å². The minimum Gasteiger partial charge on any atom is -0.379 e. The maximum Gasteiger partial charge on any atom is 0.260 e. The second-order valence-corrected chi connectivity index (χ2v) is 9.39. The number of anilines is 1. The van der Waals surface area contributed by atoms with Crippen LogP contribution in [0.4, 0.5) is 5.13 Å². The van der Waals surface area contributed by atoms with Gasteiger partial charge in [-0.25, -0.2) is 4.98 Å². The van der Waals surface area contributed by atoms with Crippen LogP contribution in [0.25, 0.3) is 21.3 Å². The van der Waals surface area contributed by atoms with Crippen LogP contribution in [-0.2, 0) is 4.74 Å². The minimum atomic E-state index is -0.0741. The van der Waals surface area contributed by atoms with Gasteiger partial charge in [-0.3, -0.25) is 24.6 Å². The number of carbonyl (C=O) groups excluding carboxylic acids is 1. The molecule has 1 fully saturated rings. The smallest absolute Gasteiger partial charge is 0.260 e. The van der Waals surface area contributed by atoms with E-state index in [-0.39, 0.29) is 18.3 Å². The van der Waals surface area contributed by atoms with Gasteiger partial charge in [0.1, 0.15) is 0 Å². The van der Waals surface area contributed by atoms with Crippen molar-refractivity contribution in [2.75, 3.05) is 50.5 Å². The Morgan fingerprint density at radius 2 is 1.85 bits per heavy atom. The highest BCUT2D eigenvalue weighted by Gasteiger charge is 2.23. The molecule has 2 aromatic carbocycles. The van der Waals surface area contributed by atoms with E-state index < -0.39 is 0 Å². The monoisotopic (exact) mass is 501 g/mol. The van der Waals surface area contributed by atoms with E-state index in [0.717, 1.165) is 53.7 Å². The molecule has 0 radical (unpaired) electrons. The van der Waals surface area contributed by atoms with E-state index in [1.165, 1.54) is 4.90 Å². The third-order valence-electron chi connectivity index (χ3n) is 5.52. The first-order chi connectivity index (χ1) is 15.7. The first-order valence-corrected chi connectivity index (χ1v) is 12.5. The van der Waals surface area contributed by atoms with E-state index in [0.29, 0.717) is 17.6 Å². The topological polar surface area (TPSA) is 71.5 Å². The zero-order valence-corrected chi connectivity index (χ0v) is 20.6. The molecule has 0 unspecified atom stereocenters. The highest BCUT2D eigenvalue weighted by molar-refractivity contribution is 7.98.